The van der Waals surface area contributed by atoms with Crippen molar-refractivity contribution in [2.75, 3.05) is 10.2 Å². The third kappa shape index (κ3) is 4.79. The topological polar surface area (TPSA) is 113 Å². The van der Waals surface area contributed by atoms with Crippen molar-refractivity contribution in [1.29, 1.82) is 0 Å². The Labute approximate surface area is 229 Å². The third-order valence-corrected chi connectivity index (χ3v) is 8.11. The lowest BCUT2D eigenvalue weighted by Crippen LogP contribution is -2.37. The molecule has 3 heterocycles. The number of amides is 4. The molecule has 0 spiro atoms. The van der Waals surface area contributed by atoms with Crippen molar-refractivity contribution in [2.45, 2.75) is 45.2 Å². The second-order valence-electron chi connectivity index (χ2n) is 9.83. The quantitative estimate of drug-likeness (QED) is 0.283. The summed E-state index contributed by atoms with van der Waals surface area (Å²) in [5.74, 6) is 1.08. The number of pyridine rings is 1. The number of anilines is 3. The smallest absolute Gasteiger partial charge is 0.331 e. The molecule has 0 bridgehead atoms. The van der Waals surface area contributed by atoms with Crippen LogP contribution >= 0.6 is 11.3 Å². The highest BCUT2D eigenvalue weighted by atomic mass is 32.1. The van der Waals surface area contributed by atoms with Crippen LogP contribution in [0.15, 0.2) is 60.8 Å². The van der Waals surface area contributed by atoms with E-state index < -0.39 is 0 Å². The molecular formula is C29H27N5O4S. The van der Waals surface area contributed by atoms with Crippen molar-refractivity contribution in [2.24, 2.45) is 0 Å². The van der Waals surface area contributed by atoms with Crippen molar-refractivity contribution in [3.8, 4) is 11.5 Å². The number of ether oxygens (including phenoxy) is 1. The molecule has 0 unspecified atom stereocenters. The first-order chi connectivity index (χ1) is 18.9. The van der Waals surface area contributed by atoms with E-state index in [1.807, 2.05) is 55.5 Å². The molecule has 2 aromatic heterocycles. The van der Waals surface area contributed by atoms with Crippen molar-refractivity contribution < 1.29 is 19.1 Å². The molecule has 4 amide bonds. The molecular weight excluding hydrogens is 514 g/mol. The van der Waals surface area contributed by atoms with E-state index >= 15 is 0 Å². The number of hydrogen-bond acceptors (Lipinski definition) is 6. The normalized spacial score (nSPS) is 18.1. The summed E-state index contributed by atoms with van der Waals surface area (Å²) < 4.78 is 5.96. The fraction of sp³-hybridized carbons (Fsp3) is 0.241. The first kappa shape index (κ1) is 24.9. The summed E-state index contributed by atoms with van der Waals surface area (Å²) in [4.78, 5) is 45.4. The van der Waals surface area contributed by atoms with Gasteiger partial charge in [0.2, 0.25) is 5.91 Å². The van der Waals surface area contributed by atoms with Gasteiger partial charge in [-0.3, -0.25) is 14.5 Å². The molecule has 1 saturated carbocycles. The van der Waals surface area contributed by atoms with Gasteiger partial charge in [0.15, 0.2) is 0 Å². The number of aromatic nitrogens is 1. The maximum Gasteiger partial charge on any atom is 0.331 e. The van der Waals surface area contributed by atoms with Crippen LogP contribution in [-0.4, -0.2) is 34.9 Å². The molecule has 2 atom stereocenters. The Morgan fingerprint density at radius 1 is 1.03 bits per heavy atom. The number of carbonyl (C=O) groups is 3. The summed E-state index contributed by atoms with van der Waals surface area (Å²) in [5, 5.41) is 9.69. The molecule has 1 aliphatic carbocycles. The fourth-order valence-electron chi connectivity index (χ4n) is 5.33. The molecule has 4 aromatic rings. The molecule has 6 rings (SSSR count). The van der Waals surface area contributed by atoms with Gasteiger partial charge in [-0.1, -0.05) is 18.2 Å². The molecule has 9 nitrogen and oxygen atoms in total. The molecule has 3 N–H and O–H groups in total. The van der Waals surface area contributed by atoms with Gasteiger partial charge in [-0.15, -0.1) is 11.3 Å². The first-order valence-corrected chi connectivity index (χ1v) is 13.6. The van der Waals surface area contributed by atoms with Gasteiger partial charge in [-0.05, 0) is 68.1 Å². The third-order valence-electron chi connectivity index (χ3n) is 7.02. The number of hydrogen-bond donors (Lipinski definition) is 3. The monoisotopic (exact) mass is 541 g/mol. The van der Waals surface area contributed by atoms with Gasteiger partial charge in [0.25, 0.3) is 5.91 Å². The molecule has 1 fully saturated rings. The average Bonchev–Trinajstić information content (AvgIpc) is 3.50. The predicted octanol–water partition coefficient (Wildman–Crippen LogP) is 5.87. The van der Waals surface area contributed by atoms with Crippen LogP contribution in [0.1, 0.15) is 41.4 Å². The SMILES string of the molecule is CC(=O)N[C@H]1CC[C@@H](NC(=O)c2sc3nccc4c3c2NC(=O)N4c2ccc(Oc3ccccc3)cc2C)C1. The number of para-hydroxylation sites is 1. The Balaban J connectivity index is 1.28. The van der Waals surface area contributed by atoms with E-state index in [9.17, 15) is 14.4 Å². The van der Waals surface area contributed by atoms with Crippen LogP contribution in [0.4, 0.5) is 21.9 Å². The molecule has 2 aromatic carbocycles. The predicted molar refractivity (Wildman–Crippen MR) is 151 cm³/mol. The number of nitrogens with zero attached hydrogens (tertiary/aromatic N) is 2. The van der Waals surface area contributed by atoms with Gasteiger partial charge in [0.05, 0.1) is 22.4 Å². The van der Waals surface area contributed by atoms with Gasteiger partial charge < -0.3 is 20.7 Å². The van der Waals surface area contributed by atoms with E-state index in [0.29, 0.717) is 38.9 Å². The summed E-state index contributed by atoms with van der Waals surface area (Å²) >= 11 is 1.26. The van der Waals surface area contributed by atoms with Gasteiger partial charge in [0.1, 0.15) is 21.2 Å². The second kappa shape index (κ2) is 10.0. The van der Waals surface area contributed by atoms with Crippen LogP contribution in [0, 0.1) is 6.92 Å². The lowest BCUT2D eigenvalue weighted by atomic mass is 10.1. The standard InChI is InChI=1S/C29H27N5O4S/c1-16-14-21(38-20-6-4-3-5-7-20)10-11-22(16)34-23-12-13-30-28-24(23)25(33-29(34)37)26(39-28)27(36)32-19-9-8-18(15-19)31-17(2)35/h3-7,10-14,18-19H,8-9,15H2,1-2H3,(H,31,35)(H,32,36)(H,33,37)/t18-,19+/m0/s1. The summed E-state index contributed by atoms with van der Waals surface area (Å²) in [6, 6.07) is 16.6. The first-order valence-electron chi connectivity index (χ1n) is 12.8. The van der Waals surface area contributed by atoms with Crippen LogP contribution in [0.25, 0.3) is 10.2 Å². The second-order valence-corrected chi connectivity index (χ2v) is 10.8. The van der Waals surface area contributed by atoms with Gasteiger partial charge in [-0.2, -0.15) is 0 Å². The zero-order chi connectivity index (χ0) is 27.1. The molecule has 0 radical (unpaired) electrons. The highest BCUT2D eigenvalue weighted by Gasteiger charge is 2.34. The zero-order valence-corrected chi connectivity index (χ0v) is 22.3. The van der Waals surface area contributed by atoms with Crippen LogP contribution in [0.2, 0.25) is 0 Å². The molecule has 10 heteroatoms. The fourth-order valence-corrected chi connectivity index (χ4v) is 6.35. The van der Waals surface area contributed by atoms with Crippen LogP contribution < -0.4 is 25.6 Å². The van der Waals surface area contributed by atoms with Crippen molar-refractivity contribution >= 4 is 56.5 Å². The van der Waals surface area contributed by atoms with E-state index in [2.05, 4.69) is 20.9 Å². The number of aryl methyl sites for hydroxylation is 1. The Morgan fingerprint density at radius 3 is 2.54 bits per heavy atom. The average molecular weight is 542 g/mol. The van der Waals surface area contributed by atoms with E-state index in [-0.39, 0.29) is 29.9 Å². The largest absolute Gasteiger partial charge is 0.457 e. The van der Waals surface area contributed by atoms with Crippen molar-refractivity contribution in [3.05, 3.63) is 71.2 Å². The van der Waals surface area contributed by atoms with Crippen LogP contribution in [-0.2, 0) is 4.79 Å². The van der Waals surface area contributed by atoms with Crippen LogP contribution in [0.5, 0.6) is 11.5 Å². The maximum absolute atomic E-state index is 13.5. The summed E-state index contributed by atoms with van der Waals surface area (Å²) in [7, 11) is 0. The summed E-state index contributed by atoms with van der Waals surface area (Å²) in [6.45, 7) is 3.43. The molecule has 198 valence electrons. The van der Waals surface area contributed by atoms with Gasteiger partial charge >= 0.3 is 6.03 Å². The number of urea groups is 1. The van der Waals surface area contributed by atoms with Crippen LogP contribution in [0.3, 0.4) is 0 Å². The zero-order valence-electron chi connectivity index (χ0n) is 21.5. The highest BCUT2D eigenvalue weighted by Crippen LogP contribution is 2.46. The lowest BCUT2D eigenvalue weighted by Gasteiger charge is -2.29. The lowest BCUT2D eigenvalue weighted by molar-refractivity contribution is -0.119. The number of thiophene rings is 1. The number of rotatable bonds is 6. The number of benzene rings is 2. The Morgan fingerprint density at radius 2 is 1.79 bits per heavy atom. The summed E-state index contributed by atoms with van der Waals surface area (Å²) in [6.07, 6.45) is 3.93. The van der Waals surface area contributed by atoms with Gasteiger partial charge in [0, 0.05) is 25.2 Å². The van der Waals surface area contributed by atoms with Crippen molar-refractivity contribution in [1.82, 2.24) is 15.6 Å². The highest BCUT2D eigenvalue weighted by molar-refractivity contribution is 7.21. The minimum atomic E-state index is -0.353. The molecule has 2 aliphatic rings. The minimum Gasteiger partial charge on any atom is -0.457 e. The molecule has 0 saturated heterocycles. The maximum atomic E-state index is 13.5. The number of nitrogens with one attached hydrogen (secondary N) is 3. The van der Waals surface area contributed by atoms with Gasteiger partial charge in [-0.25, -0.2) is 9.78 Å². The van der Waals surface area contributed by atoms with Crippen molar-refractivity contribution in [3.63, 3.8) is 0 Å². The summed E-state index contributed by atoms with van der Waals surface area (Å²) in [5.41, 5.74) is 2.71. The Hall–Kier alpha value is -4.44. The Kier molecular flexibility index (Phi) is 6.40. The van der Waals surface area contributed by atoms with E-state index in [4.69, 9.17) is 4.74 Å². The number of carbonyl (C=O) groups excluding carboxylic acids is 3. The minimum absolute atomic E-state index is 0.0470. The van der Waals surface area contributed by atoms with E-state index in [0.717, 1.165) is 29.5 Å². The molecule has 39 heavy (non-hydrogen) atoms. The Bertz CT molecular complexity index is 1600. The van der Waals surface area contributed by atoms with E-state index in [1.165, 1.54) is 18.3 Å². The van der Waals surface area contributed by atoms with E-state index in [1.54, 1.807) is 17.2 Å². The molecule has 1 aliphatic heterocycles.